The second-order valence-electron chi connectivity index (χ2n) is 5.02. The lowest BCUT2D eigenvalue weighted by molar-refractivity contribution is -0.253. The van der Waals surface area contributed by atoms with E-state index < -0.39 is 12.5 Å². The molecule has 23 heavy (non-hydrogen) atoms. The van der Waals surface area contributed by atoms with E-state index >= 15 is 0 Å². The molecule has 0 radical (unpaired) electrons. The molecule has 0 bridgehead atoms. The van der Waals surface area contributed by atoms with E-state index in [9.17, 15) is 22.7 Å². The minimum absolute atomic E-state index is 0. The molecule has 0 saturated carbocycles. The van der Waals surface area contributed by atoms with Crippen LogP contribution in [0.2, 0.25) is 0 Å². The predicted molar refractivity (Wildman–Crippen MR) is 79.5 cm³/mol. The summed E-state index contributed by atoms with van der Waals surface area (Å²) in [6.45, 7) is 3.00. The lowest BCUT2D eigenvalue weighted by Crippen LogP contribution is -2.46. The molecule has 0 aromatic heterocycles. The van der Waals surface area contributed by atoms with Crippen LogP contribution in [0.4, 0.5) is 17.6 Å². The third-order valence-electron chi connectivity index (χ3n) is 3.54. The Morgan fingerprint density at radius 1 is 1.17 bits per heavy atom. The van der Waals surface area contributed by atoms with Gasteiger partial charge in [-0.15, -0.1) is 12.4 Å². The first-order valence-electron chi connectivity index (χ1n) is 6.94. The topological polar surface area (TPSA) is 44.7 Å². The zero-order valence-electron chi connectivity index (χ0n) is 12.2. The van der Waals surface area contributed by atoms with E-state index in [0.29, 0.717) is 0 Å². The summed E-state index contributed by atoms with van der Waals surface area (Å²) in [4.78, 5) is 2.07. The monoisotopic (exact) mass is 358 g/mol. The second-order valence-corrected chi connectivity index (χ2v) is 5.02. The molecule has 2 N–H and O–H groups in total. The summed E-state index contributed by atoms with van der Waals surface area (Å²) in [5, 5.41) is 12.7. The molecule has 1 heterocycles. The number of halogens is 5. The number of hydrogen-bond donors (Lipinski definition) is 2. The van der Waals surface area contributed by atoms with Gasteiger partial charge in [-0.2, -0.15) is 17.6 Å². The van der Waals surface area contributed by atoms with Gasteiger partial charge in [0.1, 0.15) is 5.75 Å². The molecular formula is C14H19ClF4N2O2. The van der Waals surface area contributed by atoms with Crippen LogP contribution in [0.25, 0.3) is 0 Å². The molecule has 1 aromatic carbocycles. The molecule has 9 heteroatoms. The van der Waals surface area contributed by atoms with E-state index in [1.165, 1.54) is 24.3 Å². The van der Waals surface area contributed by atoms with Crippen molar-refractivity contribution in [3.63, 3.8) is 0 Å². The fourth-order valence-corrected chi connectivity index (χ4v) is 2.39. The Morgan fingerprint density at radius 3 is 2.22 bits per heavy atom. The van der Waals surface area contributed by atoms with Crippen molar-refractivity contribution in [2.45, 2.75) is 18.6 Å². The van der Waals surface area contributed by atoms with Crippen LogP contribution in [-0.4, -0.2) is 55.3 Å². The van der Waals surface area contributed by atoms with Gasteiger partial charge in [-0.25, -0.2) is 0 Å². The third-order valence-corrected chi connectivity index (χ3v) is 3.54. The maximum atomic E-state index is 12.8. The summed E-state index contributed by atoms with van der Waals surface area (Å²) < 4.78 is 53.8. The highest BCUT2D eigenvalue weighted by atomic mass is 35.5. The number of nitrogens with one attached hydrogen (secondary N) is 1. The van der Waals surface area contributed by atoms with Gasteiger partial charge in [0.05, 0.1) is 12.6 Å². The minimum Gasteiger partial charge on any atom is -0.428 e. The molecule has 0 spiro atoms. The van der Waals surface area contributed by atoms with Crippen LogP contribution in [0.15, 0.2) is 24.3 Å². The van der Waals surface area contributed by atoms with E-state index in [4.69, 9.17) is 0 Å². The first-order chi connectivity index (χ1) is 10.4. The number of piperazine rings is 1. The largest absolute Gasteiger partial charge is 0.461 e. The lowest BCUT2D eigenvalue weighted by atomic mass is 10.1. The summed E-state index contributed by atoms with van der Waals surface area (Å²) >= 11 is 0. The van der Waals surface area contributed by atoms with E-state index in [2.05, 4.69) is 15.0 Å². The molecule has 1 saturated heterocycles. The number of aliphatic hydroxyl groups excluding tert-OH is 1. The zero-order valence-corrected chi connectivity index (χ0v) is 13.0. The summed E-state index contributed by atoms with van der Waals surface area (Å²) in [6, 6.07) is 5.15. The number of rotatable bonds is 6. The van der Waals surface area contributed by atoms with E-state index in [-0.39, 0.29) is 30.8 Å². The Kier molecular flexibility index (Phi) is 7.53. The molecule has 4 nitrogen and oxygen atoms in total. The van der Waals surface area contributed by atoms with Gasteiger partial charge in [-0.1, -0.05) is 12.1 Å². The van der Waals surface area contributed by atoms with Crippen molar-refractivity contribution < 1.29 is 27.4 Å². The Bertz CT molecular complexity index is 470. The molecule has 1 atom stereocenters. The highest BCUT2D eigenvalue weighted by molar-refractivity contribution is 5.85. The summed E-state index contributed by atoms with van der Waals surface area (Å²) in [7, 11) is 0. The quantitative estimate of drug-likeness (QED) is 0.766. The summed E-state index contributed by atoms with van der Waals surface area (Å²) in [6.07, 6.45) is -8.41. The Hall–Kier alpha value is -1.09. The van der Waals surface area contributed by atoms with Crippen molar-refractivity contribution in [2.24, 2.45) is 0 Å². The van der Waals surface area contributed by atoms with Crippen molar-refractivity contribution in [3.8, 4) is 5.75 Å². The van der Waals surface area contributed by atoms with Crippen LogP contribution < -0.4 is 10.1 Å². The van der Waals surface area contributed by atoms with Crippen LogP contribution in [0.3, 0.4) is 0 Å². The molecule has 0 amide bonds. The lowest BCUT2D eigenvalue weighted by Gasteiger charge is -2.34. The Balaban J connectivity index is 0.00000264. The van der Waals surface area contributed by atoms with Gasteiger partial charge >= 0.3 is 12.5 Å². The van der Waals surface area contributed by atoms with Gasteiger partial charge < -0.3 is 15.2 Å². The van der Waals surface area contributed by atoms with Gasteiger partial charge in [0.2, 0.25) is 0 Å². The van der Waals surface area contributed by atoms with Crippen molar-refractivity contribution in [1.82, 2.24) is 10.2 Å². The summed E-state index contributed by atoms with van der Waals surface area (Å²) in [5.41, 5.74) is 0.720. The fraction of sp³-hybridized carbons (Fsp3) is 0.571. The van der Waals surface area contributed by atoms with Gasteiger partial charge in [0.15, 0.2) is 0 Å². The number of aliphatic hydroxyl groups is 1. The zero-order chi connectivity index (χ0) is 16.2. The van der Waals surface area contributed by atoms with Crippen molar-refractivity contribution >= 4 is 12.4 Å². The molecular weight excluding hydrogens is 340 g/mol. The molecule has 1 aliphatic rings. The maximum absolute atomic E-state index is 12.8. The SMILES string of the molecule is Cl.OC[C@@H](c1ccc(OC(F)(F)C(F)F)cc1)N1CCNCC1. The van der Waals surface area contributed by atoms with E-state index in [1.54, 1.807) is 0 Å². The van der Waals surface area contributed by atoms with Crippen LogP contribution in [0.5, 0.6) is 5.75 Å². The highest BCUT2D eigenvalue weighted by Crippen LogP contribution is 2.29. The highest BCUT2D eigenvalue weighted by Gasteiger charge is 2.43. The first-order valence-corrected chi connectivity index (χ1v) is 6.94. The van der Waals surface area contributed by atoms with Crippen molar-refractivity contribution in [2.75, 3.05) is 32.8 Å². The van der Waals surface area contributed by atoms with E-state index in [1.807, 2.05) is 0 Å². The van der Waals surface area contributed by atoms with Gasteiger partial charge in [-0.3, -0.25) is 4.90 Å². The van der Waals surface area contributed by atoms with Crippen molar-refractivity contribution in [1.29, 1.82) is 0 Å². The van der Waals surface area contributed by atoms with Crippen molar-refractivity contribution in [3.05, 3.63) is 29.8 Å². The fourth-order valence-electron chi connectivity index (χ4n) is 2.39. The molecule has 0 aliphatic carbocycles. The van der Waals surface area contributed by atoms with Crippen LogP contribution in [-0.2, 0) is 0 Å². The average Bonchev–Trinajstić information content (AvgIpc) is 2.50. The molecule has 132 valence electrons. The van der Waals surface area contributed by atoms with Crippen LogP contribution in [0.1, 0.15) is 11.6 Å². The molecule has 1 aliphatic heterocycles. The van der Waals surface area contributed by atoms with Gasteiger partial charge in [-0.05, 0) is 17.7 Å². The smallest absolute Gasteiger partial charge is 0.428 e. The van der Waals surface area contributed by atoms with Crippen LogP contribution >= 0.6 is 12.4 Å². The predicted octanol–water partition coefficient (Wildman–Crippen LogP) is 2.28. The van der Waals surface area contributed by atoms with Gasteiger partial charge in [0, 0.05) is 26.2 Å². The molecule has 2 rings (SSSR count). The molecule has 1 aromatic rings. The number of ether oxygens (including phenoxy) is 1. The Labute approximate surface area is 137 Å². The maximum Gasteiger partial charge on any atom is 0.461 e. The Morgan fingerprint density at radius 2 is 1.74 bits per heavy atom. The third kappa shape index (κ3) is 5.20. The van der Waals surface area contributed by atoms with Gasteiger partial charge in [0.25, 0.3) is 0 Å². The molecule has 1 fully saturated rings. The number of benzene rings is 1. The standard InChI is InChI=1S/C14H18F4N2O2.ClH/c15-13(16)14(17,18)22-11-3-1-10(2-4-11)12(9-21)20-7-5-19-6-8-20;/h1-4,12-13,19,21H,5-9H2;1H/t12-;/m0./s1. The first kappa shape index (κ1) is 20.0. The minimum atomic E-state index is -4.52. The average molecular weight is 359 g/mol. The second kappa shape index (κ2) is 8.68. The number of nitrogens with zero attached hydrogens (tertiary/aromatic N) is 1. The number of alkyl halides is 4. The van der Waals surface area contributed by atoms with E-state index in [0.717, 1.165) is 31.7 Å². The number of hydrogen-bond acceptors (Lipinski definition) is 4. The molecule has 0 unspecified atom stereocenters. The van der Waals surface area contributed by atoms with Crippen LogP contribution in [0, 0.1) is 0 Å². The summed E-state index contributed by atoms with van der Waals surface area (Å²) in [5.74, 6) is -0.342. The normalized spacial score (nSPS) is 17.7.